The highest BCUT2D eigenvalue weighted by molar-refractivity contribution is 7.92. The Labute approximate surface area is 160 Å². The second kappa shape index (κ2) is 7.25. The summed E-state index contributed by atoms with van der Waals surface area (Å²) in [5.41, 5.74) is 0.688. The van der Waals surface area contributed by atoms with Crippen molar-refractivity contribution in [3.63, 3.8) is 0 Å². The molecule has 1 aromatic heterocycles. The van der Waals surface area contributed by atoms with E-state index < -0.39 is 20.0 Å². The number of nitrogens with one attached hydrogen (secondary N) is 1. The van der Waals surface area contributed by atoms with Crippen LogP contribution >= 0.6 is 0 Å². The van der Waals surface area contributed by atoms with Crippen LogP contribution in [0.4, 0.5) is 5.69 Å². The Morgan fingerprint density at radius 3 is 2.37 bits per heavy atom. The fraction of sp³-hybridized carbons (Fsp3) is 0.471. The van der Waals surface area contributed by atoms with Crippen LogP contribution in [0.2, 0.25) is 0 Å². The summed E-state index contributed by atoms with van der Waals surface area (Å²) in [6.07, 6.45) is 3.30. The lowest BCUT2D eigenvalue weighted by Crippen LogP contribution is -2.39. The van der Waals surface area contributed by atoms with Gasteiger partial charge in [0.1, 0.15) is 4.90 Å². The molecule has 3 rings (SSSR count). The highest BCUT2D eigenvalue weighted by atomic mass is 32.2. The van der Waals surface area contributed by atoms with Crippen molar-refractivity contribution in [1.29, 1.82) is 0 Å². The van der Waals surface area contributed by atoms with Gasteiger partial charge in [0.05, 0.1) is 10.6 Å². The van der Waals surface area contributed by atoms with Gasteiger partial charge in [-0.1, -0.05) is 6.92 Å². The summed E-state index contributed by atoms with van der Waals surface area (Å²) in [4.78, 5) is 0.251. The van der Waals surface area contributed by atoms with Crippen LogP contribution in [0.1, 0.15) is 25.5 Å². The average molecular weight is 413 g/mol. The second-order valence-corrected chi connectivity index (χ2v) is 10.6. The lowest BCUT2D eigenvalue weighted by molar-refractivity contribution is 0.281. The fourth-order valence-electron chi connectivity index (χ4n) is 3.26. The maximum Gasteiger partial charge on any atom is 0.265 e. The Morgan fingerprint density at radius 1 is 1.15 bits per heavy atom. The maximum atomic E-state index is 12.8. The molecule has 1 aliphatic heterocycles. The molecular formula is C17H24N4O4S2. The summed E-state index contributed by atoms with van der Waals surface area (Å²) in [6.45, 7) is 4.68. The molecule has 0 radical (unpaired) electrons. The first-order valence-electron chi connectivity index (χ1n) is 8.73. The summed E-state index contributed by atoms with van der Waals surface area (Å²) in [7, 11) is -5.71. The van der Waals surface area contributed by atoms with Crippen LogP contribution in [0, 0.1) is 12.8 Å². The fourth-order valence-corrected chi connectivity index (χ4v) is 6.14. The van der Waals surface area contributed by atoms with Crippen molar-refractivity contribution < 1.29 is 16.8 Å². The van der Waals surface area contributed by atoms with E-state index in [1.807, 2.05) is 6.92 Å². The number of aromatic nitrogens is 2. The summed E-state index contributed by atoms with van der Waals surface area (Å²) in [5.74, 6) is 0.335. The minimum absolute atomic E-state index is 0.0870. The first-order valence-corrected chi connectivity index (χ1v) is 11.7. The zero-order chi connectivity index (χ0) is 19.8. The first-order chi connectivity index (χ1) is 12.6. The number of nitrogens with zero attached hydrogens (tertiary/aromatic N) is 3. The Balaban J connectivity index is 1.80. The molecule has 0 amide bonds. The van der Waals surface area contributed by atoms with E-state index in [4.69, 9.17) is 0 Å². The number of anilines is 1. The van der Waals surface area contributed by atoms with Gasteiger partial charge in [-0.3, -0.25) is 9.40 Å². The summed E-state index contributed by atoms with van der Waals surface area (Å²) in [6, 6.07) is 5.79. The summed E-state index contributed by atoms with van der Waals surface area (Å²) < 4.78 is 56.0. The molecule has 1 unspecified atom stereocenters. The summed E-state index contributed by atoms with van der Waals surface area (Å²) >= 11 is 0. The molecule has 0 saturated carbocycles. The van der Waals surface area contributed by atoms with Crippen molar-refractivity contribution in [3.8, 4) is 0 Å². The summed E-state index contributed by atoms with van der Waals surface area (Å²) in [5, 5.41) is 4.04. The first kappa shape index (κ1) is 19.8. The van der Waals surface area contributed by atoms with Gasteiger partial charge in [0.2, 0.25) is 10.0 Å². The van der Waals surface area contributed by atoms with Gasteiger partial charge in [0, 0.05) is 32.0 Å². The largest absolute Gasteiger partial charge is 0.280 e. The average Bonchev–Trinajstić information content (AvgIpc) is 2.94. The molecule has 1 atom stereocenters. The van der Waals surface area contributed by atoms with E-state index in [9.17, 15) is 16.8 Å². The molecule has 1 aromatic carbocycles. The Morgan fingerprint density at radius 2 is 1.81 bits per heavy atom. The van der Waals surface area contributed by atoms with Crippen LogP contribution in [0.5, 0.6) is 0 Å². The number of piperidine rings is 1. The predicted octanol–water partition coefficient (Wildman–Crippen LogP) is 1.95. The molecule has 0 aliphatic carbocycles. The van der Waals surface area contributed by atoms with Crippen molar-refractivity contribution in [3.05, 3.63) is 36.2 Å². The van der Waals surface area contributed by atoms with Crippen molar-refractivity contribution in [1.82, 2.24) is 14.1 Å². The van der Waals surface area contributed by atoms with Crippen molar-refractivity contribution >= 4 is 25.7 Å². The quantitative estimate of drug-likeness (QED) is 0.809. The van der Waals surface area contributed by atoms with Gasteiger partial charge < -0.3 is 0 Å². The molecule has 0 bridgehead atoms. The van der Waals surface area contributed by atoms with E-state index in [0.717, 1.165) is 12.8 Å². The van der Waals surface area contributed by atoms with Gasteiger partial charge in [-0.15, -0.1) is 0 Å². The standard InChI is InChI=1S/C17H24N4O4S2/c1-13-5-4-10-21(11-13)27(24,25)16-8-6-15(7-9-16)19-26(22,23)17-12-20(3)18-14(17)2/h6-9,12-13,19H,4-5,10-11H2,1-3H3. The monoisotopic (exact) mass is 412 g/mol. The molecule has 1 N–H and O–H groups in total. The van der Waals surface area contributed by atoms with E-state index in [0.29, 0.717) is 30.4 Å². The van der Waals surface area contributed by atoms with E-state index in [-0.39, 0.29) is 9.79 Å². The van der Waals surface area contributed by atoms with E-state index in [2.05, 4.69) is 9.82 Å². The number of hydrogen-bond acceptors (Lipinski definition) is 5. The Kier molecular flexibility index (Phi) is 5.33. The Hall–Kier alpha value is -1.91. The zero-order valence-electron chi connectivity index (χ0n) is 15.6. The number of benzene rings is 1. The Bertz CT molecular complexity index is 1030. The maximum absolute atomic E-state index is 12.8. The molecule has 1 saturated heterocycles. The topological polar surface area (TPSA) is 101 Å². The van der Waals surface area contributed by atoms with Gasteiger partial charge in [-0.2, -0.15) is 9.40 Å². The lowest BCUT2D eigenvalue weighted by atomic mass is 10.0. The van der Waals surface area contributed by atoms with Crippen LogP contribution in [0.25, 0.3) is 0 Å². The zero-order valence-corrected chi connectivity index (χ0v) is 17.2. The highest BCUT2D eigenvalue weighted by Gasteiger charge is 2.28. The molecule has 1 aliphatic rings. The third-order valence-corrected chi connectivity index (χ3v) is 7.99. The van der Waals surface area contributed by atoms with Crippen LogP contribution < -0.4 is 4.72 Å². The highest BCUT2D eigenvalue weighted by Crippen LogP contribution is 2.25. The predicted molar refractivity (Wildman–Crippen MR) is 102 cm³/mol. The van der Waals surface area contributed by atoms with Crippen molar-refractivity contribution in [2.24, 2.45) is 13.0 Å². The minimum Gasteiger partial charge on any atom is -0.280 e. The number of rotatable bonds is 5. The van der Waals surface area contributed by atoms with Gasteiger partial charge in [-0.25, -0.2) is 16.8 Å². The van der Waals surface area contributed by atoms with Gasteiger partial charge in [0.25, 0.3) is 10.0 Å². The molecular weight excluding hydrogens is 388 g/mol. The lowest BCUT2D eigenvalue weighted by Gasteiger charge is -2.30. The second-order valence-electron chi connectivity index (χ2n) is 6.99. The third-order valence-electron chi connectivity index (χ3n) is 4.62. The van der Waals surface area contributed by atoms with Crippen LogP contribution in [-0.2, 0) is 27.1 Å². The van der Waals surface area contributed by atoms with Crippen LogP contribution in [-0.4, -0.2) is 44.0 Å². The van der Waals surface area contributed by atoms with Crippen LogP contribution in [0.15, 0.2) is 40.3 Å². The molecule has 27 heavy (non-hydrogen) atoms. The van der Waals surface area contributed by atoms with E-state index in [1.165, 1.54) is 39.4 Å². The van der Waals surface area contributed by atoms with Crippen LogP contribution in [0.3, 0.4) is 0 Å². The number of hydrogen-bond donors (Lipinski definition) is 1. The molecule has 8 nitrogen and oxygen atoms in total. The number of aryl methyl sites for hydroxylation is 2. The minimum atomic E-state index is -3.79. The van der Waals surface area contributed by atoms with Gasteiger partial charge >= 0.3 is 0 Å². The van der Waals surface area contributed by atoms with Gasteiger partial charge in [-0.05, 0) is 49.9 Å². The van der Waals surface area contributed by atoms with Crippen molar-refractivity contribution in [2.45, 2.75) is 36.5 Å². The molecule has 148 valence electrons. The third kappa shape index (κ3) is 4.17. The molecule has 0 spiro atoms. The SMILES string of the molecule is Cc1nn(C)cc1S(=O)(=O)Nc1ccc(S(=O)(=O)N2CCCC(C)C2)cc1. The smallest absolute Gasteiger partial charge is 0.265 e. The van der Waals surface area contributed by atoms with E-state index >= 15 is 0 Å². The normalized spacial score (nSPS) is 19.1. The molecule has 2 heterocycles. The molecule has 10 heteroatoms. The number of sulfonamides is 2. The molecule has 1 fully saturated rings. The molecule has 2 aromatic rings. The van der Waals surface area contributed by atoms with Gasteiger partial charge in [0.15, 0.2) is 0 Å². The van der Waals surface area contributed by atoms with E-state index in [1.54, 1.807) is 14.0 Å². The van der Waals surface area contributed by atoms with Crippen molar-refractivity contribution in [2.75, 3.05) is 17.8 Å².